The first kappa shape index (κ1) is 15.0. The molecule has 5 heteroatoms. The number of hydrogen-bond donors (Lipinski definition) is 2. The van der Waals surface area contributed by atoms with Crippen LogP contribution in [0.1, 0.15) is 30.6 Å². The van der Waals surface area contributed by atoms with E-state index < -0.39 is 11.9 Å². The SMILES string of the molecule is CC(C)CN(CCC(=O)O)c1ccc(C(N)=O)cc1. The standard InChI is InChI=1S/C14H20N2O3/c1-10(2)9-16(8-7-13(17)18)12-5-3-11(4-6-12)14(15)19/h3-6,10H,7-9H2,1-2H3,(H2,15,19)(H,17,18). The van der Waals surface area contributed by atoms with Crippen LogP contribution in [0.4, 0.5) is 5.69 Å². The average Bonchev–Trinajstić information content (AvgIpc) is 2.34. The van der Waals surface area contributed by atoms with Gasteiger partial charge in [0.1, 0.15) is 0 Å². The quantitative estimate of drug-likeness (QED) is 0.785. The number of nitrogens with zero attached hydrogens (tertiary/aromatic N) is 1. The van der Waals surface area contributed by atoms with Crippen molar-refractivity contribution in [3.63, 3.8) is 0 Å². The molecule has 0 atom stereocenters. The van der Waals surface area contributed by atoms with E-state index in [-0.39, 0.29) is 6.42 Å². The smallest absolute Gasteiger partial charge is 0.305 e. The van der Waals surface area contributed by atoms with Crippen LogP contribution < -0.4 is 10.6 Å². The molecule has 0 spiro atoms. The van der Waals surface area contributed by atoms with E-state index in [9.17, 15) is 9.59 Å². The van der Waals surface area contributed by atoms with Crippen LogP contribution in [0.2, 0.25) is 0 Å². The number of carbonyl (C=O) groups excluding carboxylic acids is 1. The van der Waals surface area contributed by atoms with E-state index in [2.05, 4.69) is 13.8 Å². The van der Waals surface area contributed by atoms with E-state index in [0.717, 1.165) is 12.2 Å². The van der Waals surface area contributed by atoms with Gasteiger partial charge in [-0.3, -0.25) is 9.59 Å². The Morgan fingerprint density at radius 2 is 1.84 bits per heavy atom. The van der Waals surface area contributed by atoms with Gasteiger partial charge in [0.2, 0.25) is 5.91 Å². The maximum Gasteiger partial charge on any atom is 0.305 e. The van der Waals surface area contributed by atoms with Crippen molar-refractivity contribution in [1.82, 2.24) is 0 Å². The second-order valence-corrected chi connectivity index (χ2v) is 4.89. The van der Waals surface area contributed by atoms with Crippen LogP contribution in [0.15, 0.2) is 24.3 Å². The van der Waals surface area contributed by atoms with Crippen molar-refractivity contribution in [1.29, 1.82) is 0 Å². The zero-order valence-electron chi connectivity index (χ0n) is 11.3. The van der Waals surface area contributed by atoms with Gasteiger partial charge in [-0.15, -0.1) is 0 Å². The van der Waals surface area contributed by atoms with E-state index in [0.29, 0.717) is 18.0 Å². The van der Waals surface area contributed by atoms with E-state index in [1.54, 1.807) is 24.3 Å². The lowest BCUT2D eigenvalue weighted by molar-refractivity contribution is -0.136. The van der Waals surface area contributed by atoms with Gasteiger partial charge in [-0.1, -0.05) is 13.8 Å². The lowest BCUT2D eigenvalue weighted by Crippen LogP contribution is -2.30. The molecular formula is C14H20N2O3. The van der Waals surface area contributed by atoms with Crippen LogP contribution in [-0.4, -0.2) is 30.1 Å². The molecule has 1 rings (SSSR count). The summed E-state index contributed by atoms with van der Waals surface area (Å²) in [7, 11) is 0. The molecule has 1 aromatic carbocycles. The van der Waals surface area contributed by atoms with Crippen molar-refractivity contribution in [3.05, 3.63) is 29.8 Å². The summed E-state index contributed by atoms with van der Waals surface area (Å²) in [5, 5.41) is 8.77. The largest absolute Gasteiger partial charge is 0.481 e. The number of aliphatic carboxylic acids is 1. The highest BCUT2D eigenvalue weighted by Gasteiger charge is 2.11. The van der Waals surface area contributed by atoms with Gasteiger partial charge >= 0.3 is 5.97 Å². The van der Waals surface area contributed by atoms with Crippen molar-refractivity contribution < 1.29 is 14.7 Å². The molecule has 0 aromatic heterocycles. The Kier molecular flexibility index (Phi) is 5.36. The lowest BCUT2D eigenvalue weighted by Gasteiger charge is -2.26. The van der Waals surface area contributed by atoms with Crippen LogP contribution in [0.3, 0.4) is 0 Å². The molecule has 1 amide bonds. The van der Waals surface area contributed by atoms with Crippen LogP contribution in [-0.2, 0) is 4.79 Å². The fourth-order valence-electron chi connectivity index (χ4n) is 1.83. The summed E-state index contributed by atoms with van der Waals surface area (Å²) in [6.07, 6.45) is 0.0876. The molecule has 0 fully saturated rings. The summed E-state index contributed by atoms with van der Waals surface area (Å²) in [5.74, 6) is -0.861. The summed E-state index contributed by atoms with van der Waals surface area (Å²) in [5.41, 5.74) is 6.54. The Labute approximate surface area is 113 Å². The van der Waals surface area contributed by atoms with Crippen molar-refractivity contribution in [3.8, 4) is 0 Å². The summed E-state index contributed by atoms with van der Waals surface area (Å²) < 4.78 is 0. The van der Waals surface area contributed by atoms with Gasteiger partial charge in [-0.05, 0) is 30.2 Å². The lowest BCUT2D eigenvalue weighted by atomic mass is 10.1. The molecule has 0 unspecified atom stereocenters. The Morgan fingerprint density at radius 3 is 2.26 bits per heavy atom. The van der Waals surface area contributed by atoms with E-state index in [1.165, 1.54) is 0 Å². The summed E-state index contributed by atoms with van der Waals surface area (Å²) in [4.78, 5) is 23.7. The fraction of sp³-hybridized carbons (Fsp3) is 0.429. The number of rotatable bonds is 7. The highest BCUT2D eigenvalue weighted by atomic mass is 16.4. The molecule has 0 heterocycles. The molecule has 0 aliphatic carbocycles. The molecule has 0 saturated carbocycles. The zero-order chi connectivity index (χ0) is 14.4. The Morgan fingerprint density at radius 1 is 1.26 bits per heavy atom. The van der Waals surface area contributed by atoms with E-state index in [4.69, 9.17) is 10.8 Å². The van der Waals surface area contributed by atoms with E-state index >= 15 is 0 Å². The minimum atomic E-state index is -0.817. The second-order valence-electron chi connectivity index (χ2n) is 4.89. The first-order valence-corrected chi connectivity index (χ1v) is 6.26. The zero-order valence-corrected chi connectivity index (χ0v) is 11.3. The van der Waals surface area contributed by atoms with Gasteiger partial charge in [-0.2, -0.15) is 0 Å². The number of primary amides is 1. The van der Waals surface area contributed by atoms with Crippen LogP contribution in [0.25, 0.3) is 0 Å². The number of benzene rings is 1. The van der Waals surface area contributed by atoms with Gasteiger partial charge in [0, 0.05) is 24.3 Å². The van der Waals surface area contributed by atoms with Gasteiger partial charge < -0.3 is 15.7 Å². The molecule has 104 valence electrons. The van der Waals surface area contributed by atoms with Crippen LogP contribution in [0.5, 0.6) is 0 Å². The fourth-order valence-corrected chi connectivity index (χ4v) is 1.83. The first-order chi connectivity index (χ1) is 8.90. The van der Waals surface area contributed by atoms with Gasteiger partial charge in [0.05, 0.1) is 6.42 Å². The highest BCUT2D eigenvalue weighted by molar-refractivity contribution is 5.93. The Balaban J connectivity index is 2.83. The molecule has 0 saturated heterocycles. The number of carboxylic acids is 1. The third-order valence-electron chi connectivity index (χ3n) is 2.70. The third kappa shape index (κ3) is 4.99. The van der Waals surface area contributed by atoms with Crippen molar-refractivity contribution >= 4 is 17.6 Å². The molecule has 19 heavy (non-hydrogen) atoms. The van der Waals surface area contributed by atoms with Crippen molar-refractivity contribution in [2.24, 2.45) is 11.7 Å². The summed E-state index contributed by atoms with van der Waals surface area (Å²) in [6, 6.07) is 6.91. The number of carboxylic acid groups (broad SMARTS) is 1. The van der Waals surface area contributed by atoms with E-state index in [1.807, 2.05) is 4.90 Å². The number of anilines is 1. The molecule has 0 bridgehead atoms. The number of nitrogens with two attached hydrogens (primary N) is 1. The Bertz CT molecular complexity index is 441. The number of amides is 1. The minimum absolute atomic E-state index is 0.0876. The maximum atomic E-state index is 11.0. The second kappa shape index (κ2) is 6.78. The minimum Gasteiger partial charge on any atom is -0.481 e. The van der Waals surface area contributed by atoms with Gasteiger partial charge in [0.25, 0.3) is 0 Å². The maximum absolute atomic E-state index is 11.0. The monoisotopic (exact) mass is 264 g/mol. The van der Waals surface area contributed by atoms with Gasteiger partial charge in [0.15, 0.2) is 0 Å². The molecule has 0 aliphatic heterocycles. The predicted molar refractivity (Wildman–Crippen MR) is 74.3 cm³/mol. The predicted octanol–water partition coefficient (Wildman–Crippen LogP) is 1.72. The number of hydrogen-bond acceptors (Lipinski definition) is 3. The average molecular weight is 264 g/mol. The normalized spacial score (nSPS) is 10.5. The topological polar surface area (TPSA) is 83.6 Å². The van der Waals surface area contributed by atoms with Crippen molar-refractivity contribution in [2.75, 3.05) is 18.0 Å². The third-order valence-corrected chi connectivity index (χ3v) is 2.70. The molecule has 1 aromatic rings. The Hall–Kier alpha value is -2.04. The molecule has 5 nitrogen and oxygen atoms in total. The summed E-state index contributed by atoms with van der Waals surface area (Å²) in [6.45, 7) is 5.36. The molecule has 0 aliphatic rings. The van der Waals surface area contributed by atoms with Crippen LogP contribution >= 0.6 is 0 Å². The summed E-state index contributed by atoms with van der Waals surface area (Å²) >= 11 is 0. The number of carbonyl (C=O) groups is 2. The van der Waals surface area contributed by atoms with Crippen molar-refractivity contribution in [2.45, 2.75) is 20.3 Å². The molecule has 3 N–H and O–H groups in total. The first-order valence-electron chi connectivity index (χ1n) is 6.26. The molecular weight excluding hydrogens is 244 g/mol. The van der Waals surface area contributed by atoms with Crippen LogP contribution in [0, 0.1) is 5.92 Å². The molecule has 0 radical (unpaired) electrons. The van der Waals surface area contributed by atoms with Gasteiger partial charge in [-0.25, -0.2) is 0 Å². The highest BCUT2D eigenvalue weighted by Crippen LogP contribution is 2.17.